The predicted molar refractivity (Wildman–Crippen MR) is 123 cm³/mol. The van der Waals surface area contributed by atoms with Crippen LogP contribution in [0.3, 0.4) is 0 Å². The lowest BCUT2D eigenvalue weighted by molar-refractivity contribution is -0.113. The van der Waals surface area contributed by atoms with Gasteiger partial charge in [-0.1, -0.05) is 36.0 Å². The molecule has 1 heterocycles. The van der Waals surface area contributed by atoms with E-state index in [9.17, 15) is 4.79 Å². The molecule has 8 nitrogen and oxygen atoms in total. The van der Waals surface area contributed by atoms with Gasteiger partial charge in [0.2, 0.25) is 5.91 Å². The van der Waals surface area contributed by atoms with Crippen molar-refractivity contribution in [2.75, 3.05) is 18.2 Å². The number of carbonyl (C=O) groups excluding carboxylic acids is 1. The summed E-state index contributed by atoms with van der Waals surface area (Å²) in [6.07, 6.45) is 1.35. The number of nitrogens with one attached hydrogen (secondary N) is 1. The number of hydrogen-bond acceptors (Lipinski definition) is 7. The van der Waals surface area contributed by atoms with E-state index in [2.05, 4.69) is 28.2 Å². The Balaban J connectivity index is 1.69. The van der Waals surface area contributed by atoms with Crippen molar-refractivity contribution >= 4 is 23.4 Å². The number of ether oxygens (including phenoxy) is 2. The van der Waals surface area contributed by atoms with Crippen LogP contribution in [0.4, 0.5) is 5.69 Å². The number of carbonyl (C=O) groups is 1. The minimum absolute atomic E-state index is 0.111. The summed E-state index contributed by atoms with van der Waals surface area (Å²) in [5.41, 5.74) is 0.889. The summed E-state index contributed by atoms with van der Waals surface area (Å²) in [5.74, 6) is 1.83. The molecule has 1 N–H and O–H groups in total. The molecule has 0 radical (unpaired) electrons. The predicted octanol–water partition coefficient (Wildman–Crippen LogP) is 4.22. The molecule has 0 fully saturated rings. The van der Waals surface area contributed by atoms with Gasteiger partial charge in [0.25, 0.3) is 0 Å². The third kappa shape index (κ3) is 5.68. The quantitative estimate of drug-likeness (QED) is 0.365. The number of rotatable bonds is 10. The number of anilines is 1. The largest absolute Gasteiger partial charge is 0.497 e. The van der Waals surface area contributed by atoms with Crippen LogP contribution in [0.5, 0.6) is 11.5 Å². The molecular weight excluding hydrogens is 426 g/mol. The monoisotopic (exact) mass is 449 g/mol. The minimum atomic E-state index is -0.389. The zero-order valence-electron chi connectivity index (χ0n) is 17.8. The molecule has 0 aliphatic heterocycles. The Kier molecular flexibility index (Phi) is 7.89. The van der Waals surface area contributed by atoms with Gasteiger partial charge in [-0.3, -0.25) is 9.36 Å². The van der Waals surface area contributed by atoms with E-state index in [4.69, 9.17) is 14.7 Å². The van der Waals surface area contributed by atoms with Crippen molar-refractivity contribution in [3.05, 3.63) is 72.6 Å². The molecule has 1 amide bonds. The zero-order valence-corrected chi connectivity index (χ0v) is 18.6. The van der Waals surface area contributed by atoms with Gasteiger partial charge in [0.1, 0.15) is 17.6 Å². The molecular formula is C23H23N5O3S. The molecule has 0 saturated carbocycles. The molecule has 0 saturated heterocycles. The van der Waals surface area contributed by atoms with E-state index in [0.29, 0.717) is 40.3 Å². The summed E-state index contributed by atoms with van der Waals surface area (Å²) in [6.45, 7) is 6.15. The van der Waals surface area contributed by atoms with Crippen LogP contribution in [0.1, 0.15) is 24.4 Å². The highest BCUT2D eigenvalue weighted by molar-refractivity contribution is 7.99. The average molecular weight is 450 g/mol. The van der Waals surface area contributed by atoms with E-state index in [0.717, 1.165) is 0 Å². The van der Waals surface area contributed by atoms with E-state index >= 15 is 0 Å². The number of amides is 1. The Hall–Kier alpha value is -3.77. The standard InChI is InChI=1S/C23H23N5O3S/c1-4-12-28-22(16(2)31-19-10-7-9-18(13-19)30-3)26-27-23(28)32-15-21(29)25-20-11-6-5-8-17(20)14-24/h4-11,13,16H,1,12,15H2,2-3H3,(H,25,29). The lowest BCUT2D eigenvalue weighted by atomic mass is 10.2. The first-order valence-electron chi connectivity index (χ1n) is 9.82. The second kappa shape index (κ2) is 11.0. The highest BCUT2D eigenvalue weighted by Crippen LogP contribution is 2.27. The number of thioether (sulfide) groups is 1. The molecule has 32 heavy (non-hydrogen) atoms. The van der Waals surface area contributed by atoms with Gasteiger partial charge in [-0.15, -0.1) is 16.8 Å². The molecule has 0 aliphatic carbocycles. The van der Waals surface area contributed by atoms with Gasteiger partial charge < -0.3 is 14.8 Å². The Morgan fingerprint density at radius 2 is 2.06 bits per heavy atom. The van der Waals surface area contributed by atoms with Crippen molar-refractivity contribution in [3.63, 3.8) is 0 Å². The number of allylic oxidation sites excluding steroid dienone is 1. The second-order valence-electron chi connectivity index (χ2n) is 6.67. The molecule has 0 bridgehead atoms. The zero-order chi connectivity index (χ0) is 22.9. The van der Waals surface area contributed by atoms with Crippen molar-refractivity contribution < 1.29 is 14.3 Å². The van der Waals surface area contributed by atoms with Crippen LogP contribution in [0, 0.1) is 11.3 Å². The highest BCUT2D eigenvalue weighted by Gasteiger charge is 2.20. The van der Waals surface area contributed by atoms with Crippen molar-refractivity contribution in [1.29, 1.82) is 5.26 Å². The van der Waals surface area contributed by atoms with Crippen LogP contribution in [-0.4, -0.2) is 33.5 Å². The smallest absolute Gasteiger partial charge is 0.234 e. The third-order valence-electron chi connectivity index (χ3n) is 4.43. The fourth-order valence-electron chi connectivity index (χ4n) is 2.95. The van der Waals surface area contributed by atoms with Crippen LogP contribution in [0.25, 0.3) is 0 Å². The molecule has 3 rings (SSSR count). The van der Waals surface area contributed by atoms with Crippen molar-refractivity contribution in [2.45, 2.75) is 24.7 Å². The van der Waals surface area contributed by atoms with Crippen LogP contribution in [0.2, 0.25) is 0 Å². The van der Waals surface area contributed by atoms with Crippen LogP contribution in [0.15, 0.2) is 66.3 Å². The summed E-state index contributed by atoms with van der Waals surface area (Å²) < 4.78 is 13.1. The van der Waals surface area contributed by atoms with Gasteiger partial charge in [-0.2, -0.15) is 5.26 Å². The number of aromatic nitrogens is 3. The van der Waals surface area contributed by atoms with E-state index in [-0.39, 0.29) is 17.8 Å². The molecule has 0 spiro atoms. The number of nitrogens with zero attached hydrogens (tertiary/aromatic N) is 4. The average Bonchev–Trinajstić information content (AvgIpc) is 3.21. The molecule has 1 unspecified atom stereocenters. The van der Waals surface area contributed by atoms with E-state index in [1.165, 1.54) is 11.8 Å². The van der Waals surface area contributed by atoms with E-state index in [1.54, 1.807) is 43.5 Å². The normalized spacial score (nSPS) is 11.3. The summed E-state index contributed by atoms with van der Waals surface area (Å²) in [5, 5.41) is 21.0. The molecule has 1 aromatic heterocycles. The van der Waals surface area contributed by atoms with E-state index < -0.39 is 0 Å². The maximum absolute atomic E-state index is 12.4. The molecule has 9 heteroatoms. The van der Waals surface area contributed by atoms with Gasteiger partial charge in [-0.25, -0.2) is 0 Å². The number of hydrogen-bond donors (Lipinski definition) is 1. The second-order valence-corrected chi connectivity index (χ2v) is 7.62. The maximum Gasteiger partial charge on any atom is 0.234 e. The molecule has 1 atom stereocenters. The molecule has 2 aromatic carbocycles. The minimum Gasteiger partial charge on any atom is -0.497 e. The van der Waals surface area contributed by atoms with Crippen molar-refractivity contribution in [3.8, 4) is 17.6 Å². The van der Waals surface area contributed by atoms with Crippen LogP contribution >= 0.6 is 11.8 Å². The Morgan fingerprint density at radius 3 is 2.81 bits per heavy atom. The number of benzene rings is 2. The Bertz CT molecular complexity index is 1140. The Morgan fingerprint density at radius 1 is 1.28 bits per heavy atom. The van der Waals surface area contributed by atoms with Gasteiger partial charge >= 0.3 is 0 Å². The van der Waals surface area contributed by atoms with Gasteiger partial charge in [0, 0.05) is 12.6 Å². The molecule has 3 aromatic rings. The first kappa shape index (κ1) is 22.9. The van der Waals surface area contributed by atoms with Gasteiger partial charge in [0.05, 0.1) is 24.1 Å². The van der Waals surface area contributed by atoms with E-state index in [1.807, 2.05) is 29.7 Å². The Labute approximate surface area is 190 Å². The third-order valence-corrected chi connectivity index (χ3v) is 5.40. The number of nitriles is 1. The van der Waals surface area contributed by atoms with Gasteiger partial charge in [-0.05, 0) is 31.2 Å². The fourth-order valence-corrected chi connectivity index (χ4v) is 3.70. The highest BCUT2D eigenvalue weighted by atomic mass is 32.2. The SMILES string of the molecule is C=CCn1c(SCC(=O)Nc2ccccc2C#N)nnc1C(C)Oc1cccc(OC)c1. The molecule has 0 aliphatic rings. The summed E-state index contributed by atoms with van der Waals surface area (Å²) in [6, 6.07) is 16.2. The van der Waals surface area contributed by atoms with Crippen LogP contribution in [-0.2, 0) is 11.3 Å². The summed E-state index contributed by atoms with van der Waals surface area (Å²) in [4.78, 5) is 12.4. The number of para-hydroxylation sites is 1. The maximum atomic E-state index is 12.4. The van der Waals surface area contributed by atoms with Gasteiger partial charge in [0.15, 0.2) is 17.1 Å². The first-order chi connectivity index (χ1) is 15.5. The van der Waals surface area contributed by atoms with Crippen molar-refractivity contribution in [1.82, 2.24) is 14.8 Å². The lowest BCUT2D eigenvalue weighted by Gasteiger charge is -2.16. The first-order valence-corrected chi connectivity index (χ1v) is 10.8. The lowest BCUT2D eigenvalue weighted by Crippen LogP contribution is -2.16. The number of methoxy groups -OCH3 is 1. The summed E-state index contributed by atoms with van der Waals surface area (Å²) >= 11 is 1.25. The summed E-state index contributed by atoms with van der Waals surface area (Å²) in [7, 11) is 1.60. The molecule has 164 valence electrons. The fraction of sp³-hybridized carbons (Fsp3) is 0.217. The van der Waals surface area contributed by atoms with Crippen LogP contribution < -0.4 is 14.8 Å². The topological polar surface area (TPSA) is 102 Å². The van der Waals surface area contributed by atoms with Crippen molar-refractivity contribution in [2.24, 2.45) is 0 Å².